The van der Waals surface area contributed by atoms with Crippen LogP contribution >= 0.6 is 0 Å². The van der Waals surface area contributed by atoms with E-state index < -0.39 is 18.2 Å². The third kappa shape index (κ3) is 5.37. The number of ether oxygens (including phenoxy) is 2. The SMILES string of the molecule is C=C(C)C(=O)OC(O)CCOC(=O)c1cccc(C)c1C(=O)c1ccccc1. The maximum Gasteiger partial charge on any atom is 0.338 e. The maximum atomic E-state index is 12.8. The smallest absolute Gasteiger partial charge is 0.338 e. The second kappa shape index (κ2) is 9.62. The average Bonchev–Trinajstić information content (AvgIpc) is 2.67. The molecule has 0 aromatic heterocycles. The van der Waals surface area contributed by atoms with Crippen molar-refractivity contribution in [3.63, 3.8) is 0 Å². The van der Waals surface area contributed by atoms with Gasteiger partial charge in [-0.3, -0.25) is 4.79 Å². The highest BCUT2D eigenvalue weighted by molar-refractivity contribution is 6.15. The molecule has 0 fully saturated rings. The molecule has 0 saturated carbocycles. The maximum absolute atomic E-state index is 12.8. The Morgan fingerprint density at radius 2 is 1.75 bits per heavy atom. The minimum atomic E-state index is -1.42. The molecule has 2 aromatic carbocycles. The number of ketones is 1. The van der Waals surface area contributed by atoms with E-state index in [-0.39, 0.29) is 35.5 Å². The Hall–Kier alpha value is -3.25. The molecule has 0 bridgehead atoms. The van der Waals surface area contributed by atoms with E-state index in [2.05, 4.69) is 6.58 Å². The summed E-state index contributed by atoms with van der Waals surface area (Å²) < 4.78 is 9.87. The van der Waals surface area contributed by atoms with Gasteiger partial charge < -0.3 is 14.6 Å². The Morgan fingerprint density at radius 1 is 1.07 bits per heavy atom. The van der Waals surface area contributed by atoms with Gasteiger partial charge in [0.1, 0.15) is 0 Å². The molecule has 6 heteroatoms. The van der Waals surface area contributed by atoms with Crippen LogP contribution in [0, 0.1) is 6.92 Å². The molecular weight excluding hydrogens is 360 g/mol. The Labute approximate surface area is 163 Å². The predicted octanol–water partition coefficient (Wildman–Crippen LogP) is 3.21. The molecule has 0 aliphatic heterocycles. The number of aliphatic hydroxyl groups excluding tert-OH is 1. The summed E-state index contributed by atoms with van der Waals surface area (Å²) in [7, 11) is 0. The van der Waals surface area contributed by atoms with Crippen LogP contribution in [-0.2, 0) is 14.3 Å². The highest BCUT2D eigenvalue weighted by atomic mass is 16.6. The van der Waals surface area contributed by atoms with Gasteiger partial charge in [0.2, 0.25) is 6.29 Å². The summed E-state index contributed by atoms with van der Waals surface area (Å²) in [5, 5.41) is 9.66. The zero-order valence-corrected chi connectivity index (χ0v) is 15.8. The molecule has 0 radical (unpaired) electrons. The number of benzene rings is 2. The summed E-state index contributed by atoms with van der Waals surface area (Å²) in [5.74, 6) is -1.70. The number of hydrogen-bond acceptors (Lipinski definition) is 6. The van der Waals surface area contributed by atoms with E-state index in [4.69, 9.17) is 9.47 Å². The molecule has 1 atom stereocenters. The Balaban J connectivity index is 2.08. The fourth-order valence-electron chi connectivity index (χ4n) is 2.49. The first kappa shape index (κ1) is 21.1. The molecule has 0 amide bonds. The number of aliphatic hydroxyl groups is 1. The quantitative estimate of drug-likeness (QED) is 0.326. The number of carbonyl (C=O) groups is 3. The summed E-state index contributed by atoms with van der Waals surface area (Å²) in [6, 6.07) is 13.6. The fraction of sp³-hybridized carbons (Fsp3) is 0.227. The predicted molar refractivity (Wildman–Crippen MR) is 103 cm³/mol. The van der Waals surface area contributed by atoms with E-state index in [1.54, 1.807) is 49.4 Å². The standard InChI is InChI=1S/C22H22O6/c1-14(2)21(25)28-18(23)12-13-27-22(26)17-11-7-8-15(3)19(17)20(24)16-9-5-4-6-10-16/h4-11,18,23H,1,12-13H2,2-3H3. The van der Waals surface area contributed by atoms with Crippen LogP contribution in [0.25, 0.3) is 0 Å². The first-order valence-corrected chi connectivity index (χ1v) is 8.72. The van der Waals surface area contributed by atoms with Crippen molar-refractivity contribution in [1.82, 2.24) is 0 Å². The van der Waals surface area contributed by atoms with Crippen LogP contribution in [-0.4, -0.2) is 35.7 Å². The van der Waals surface area contributed by atoms with Crippen LogP contribution in [0.3, 0.4) is 0 Å². The number of rotatable bonds is 8. The summed E-state index contributed by atoms with van der Waals surface area (Å²) >= 11 is 0. The molecule has 1 N–H and O–H groups in total. The molecule has 1 unspecified atom stereocenters. The highest BCUT2D eigenvalue weighted by Crippen LogP contribution is 2.20. The van der Waals surface area contributed by atoms with Crippen molar-refractivity contribution in [1.29, 1.82) is 0 Å². The molecule has 0 saturated heterocycles. The molecule has 2 aromatic rings. The lowest BCUT2D eigenvalue weighted by molar-refractivity contribution is -0.164. The lowest BCUT2D eigenvalue weighted by Crippen LogP contribution is -2.21. The molecule has 0 aliphatic carbocycles. The van der Waals surface area contributed by atoms with Gasteiger partial charge in [0.15, 0.2) is 5.78 Å². The van der Waals surface area contributed by atoms with E-state index in [1.807, 2.05) is 0 Å². The molecule has 2 rings (SSSR count). The first-order valence-electron chi connectivity index (χ1n) is 8.72. The molecule has 0 aliphatic rings. The molecule has 28 heavy (non-hydrogen) atoms. The summed E-state index contributed by atoms with van der Waals surface area (Å²) in [5.41, 5.74) is 1.68. The molecule has 146 valence electrons. The number of carbonyl (C=O) groups excluding carboxylic acids is 3. The largest absolute Gasteiger partial charge is 0.462 e. The van der Waals surface area contributed by atoms with E-state index >= 15 is 0 Å². The van der Waals surface area contributed by atoms with Crippen molar-refractivity contribution in [2.75, 3.05) is 6.61 Å². The minimum absolute atomic E-state index is 0.0987. The van der Waals surface area contributed by atoms with Crippen molar-refractivity contribution in [3.8, 4) is 0 Å². The number of aryl methyl sites for hydroxylation is 1. The van der Waals surface area contributed by atoms with E-state index in [1.165, 1.54) is 13.0 Å². The Kier molecular flexibility index (Phi) is 7.23. The van der Waals surface area contributed by atoms with Crippen molar-refractivity contribution in [3.05, 3.63) is 82.9 Å². The second-order valence-corrected chi connectivity index (χ2v) is 6.26. The van der Waals surface area contributed by atoms with Gasteiger partial charge in [0.25, 0.3) is 0 Å². The van der Waals surface area contributed by atoms with Gasteiger partial charge in [0, 0.05) is 23.1 Å². The normalized spacial score (nSPS) is 11.4. The second-order valence-electron chi connectivity index (χ2n) is 6.26. The van der Waals surface area contributed by atoms with Crippen molar-refractivity contribution >= 4 is 17.7 Å². The first-order chi connectivity index (χ1) is 13.3. The summed E-state index contributed by atoms with van der Waals surface area (Å²) in [4.78, 5) is 36.7. The number of esters is 2. The molecule has 0 spiro atoms. The zero-order chi connectivity index (χ0) is 20.7. The molecule has 0 heterocycles. The van der Waals surface area contributed by atoms with Gasteiger partial charge in [-0.1, -0.05) is 49.0 Å². The third-order valence-corrected chi connectivity index (χ3v) is 3.95. The fourth-order valence-corrected chi connectivity index (χ4v) is 2.49. The van der Waals surface area contributed by atoms with Crippen molar-refractivity contribution in [2.45, 2.75) is 26.6 Å². The van der Waals surface area contributed by atoms with Crippen LogP contribution in [0.4, 0.5) is 0 Å². The summed E-state index contributed by atoms with van der Waals surface area (Å²) in [6.07, 6.45) is -1.52. The van der Waals surface area contributed by atoms with Gasteiger partial charge in [-0.25, -0.2) is 9.59 Å². The topological polar surface area (TPSA) is 89.9 Å². The van der Waals surface area contributed by atoms with Crippen LogP contribution in [0.5, 0.6) is 0 Å². The van der Waals surface area contributed by atoms with E-state index in [9.17, 15) is 19.5 Å². The third-order valence-electron chi connectivity index (χ3n) is 3.95. The van der Waals surface area contributed by atoms with Crippen molar-refractivity contribution < 1.29 is 29.0 Å². The van der Waals surface area contributed by atoms with E-state index in [0.717, 1.165) is 0 Å². The lowest BCUT2D eigenvalue weighted by atomic mass is 9.94. The van der Waals surface area contributed by atoms with Crippen LogP contribution < -0.4 is 0 Å². The van der Waals surface area contributed by atoms with Gasteiger partial charge in [-0.15, -0.1) is 0 Å². The van der Waals surface area contributed by atoms with Gasteiger partial charge in [-0.05, 0) is 25.5 Å². The molecule has 6 nitrogen and oxygen atoms in total. The average molecular weight is 382 g/mol. The van der Waals surface area contributed by atoms with Crippen LogP contribution in [0.2, 0.25) is 0 Å². The lowest BCUT2D eigenvalue weighted by Gasteiger charge is -2.14. The monoisotopic (exact) mass is 382 g/mol. The molecular formula is C22H22O6. The summed E-state index contributed by atoms with van der Waals surface area (Å²) in [6.45, 7) is 6.43. The van der Waals surface area contributed by atoms with Gasteiger partial charge >= 0.3 is 11.9 Å². The van der Waals surface area contributed by atoms with Gasteiger partial charge in [-0.2, -0.15) is 0 Å². The Morgan fingerprint density at radius 3 is 2.39 bits per heavy atom. The highest BCUT2D eigenvalue weighted by Gasteiger charge is 2.22. The zero-order valence-electron chi connectivity index (χ0n) is 15.8. The van der Waals surface area contributed by atoms with Crippen LogP contribution in [0.15, 0.2) is 60.7 Å². The minimum Gasteiger partial charge on any atom is -0.462 e. The van der Waals surface area contributed by atoms with E-state index in [0.29, 0.717) is 11.1 Å². The van der Waals surface area contributed by atoms with Crippen molar-refractivity contribution in [2.24, 2.45) is 0 Å². The van der Waals surface area contributed by atoms with Crippen LogP contribution in [0.1, 0.15) is 45.2 Å². The Bertz CT molecular complexity index is 885. The van der Waals surface area contributed by atoms with Gasteiger partial charge in [0.05, 0.1) is 12.2 Å². The number of hydrogen-bond donors (Lipinski definition) is 1.